The zero-order valence-electron chi connectivity index (χ0n) is 13.2. The number of carbonyl (C=O) groups is 1. The average molecular weight is 318 g/mol. The summed E-state index contributed by atoms with van der Waals surface area (Å²) in [6.07, 6.45) is 1.62. The first kappa shape index (κ1) is 14.8. The molecule has 0 atom stereocenters. The van der Waals surface area contributed by atoms with Crippen molar-refractivity contribution in [2.75, 3.05) is 52.6 Å². The van der Waals surface area contributed by atoms with E-state index in [4.69, 9.17) is 14.2 Å². The minimum Gasteiger partial charge on any atom is -0.493 e. The summed E-state index contributed by atoms with van der Waals surface area (Å²) in [5, 5.41) is 3.05. The number of fused-ring (bicyclic) bond motifs is 2. The van der Waals surface area contributed by atoms with E-state index in [-0.39, 0.29) is 5.91 Å². The van der Waals surface area contributed by atoms with Crippen LogP contribution in [0.2, 0.25) is 0 Å². The summed E-state index contributed by atoms with van der Waals surface area (Å²) >= 11 is 0. The Hall–Kier alpha value is -1.79. The summed E-state index contributed by atoms with van der Waals surface area (Å²) in [5.41, 5.74) is 2.77. The zero-order valence-corrected chi connectivity index (χ0v) is 13.2. The Morgan fingerprint density at radius 2 is 1.96 bits per heavy atom. The molecule has 23 heavy (non-hydrogen) atoms. The Balaban J connectivity index is 1.46. The number of nitrogens with zero attached hydrogens (tertiary/aromatic N) is 1. The number of rotatable bonds is 4. The van der Waals surface area contributed by atoms with Crippen molar-refractivity contribution in [2.45, 2.75) is 12.8 Å². The number of morpholine rings is 1. The predicted octanol–water partition coefficient (Wildman–Crippen LogP) is 0.618. The molecule has 1 amide bonds. The Kier molecular flexibility index (Phi) is 4.10. The molecule has 124 valence electrons. The minimum atomic E-state index is -0.0428. The molecule has 6 heteroatoms. The monoisotopic (exact) mass is 318 g/mol. The van der Waals surface area contributed by atoms with Crippen molar-refractivity contribution in [3.63, 3.8) is 0 Å². The highest BCUT2D eigenvalue weighted by Crippen LogP contribution is 2.40. The first-order valence-corrected chi connectivity index (χ1v) is 8.35. The smallest absolute Gasteiger partial charge is 0.255 e. The van der Waals surface area contributed by atoms with Gasteiger partial charge in [0.25, 0.3) is 5.91 Å². The molecule has 4 rings (SSSR count). The lowest BCUT2D eigenvalue weighted by molar-refractivity contribution is 0.0383. The van der Waals surface area contributed by atoms with Crippen LogP contribution in [0.4, 0.5) is 0 Å². The van der Waals surface area contributed by atoms with Crippen LogP contribution >= 0.6 is 0 Å². The number of nitrogens with one attached hydrogen (secondary N) is 1. The number of hydrogen-bond donors (Lipinski definition) is 1. The van der Waals surface area contributed by atoms with Gasteiger partial charge in [-0.25, -0.2) is 0 Å². The number of ether oxygens (including phenoxy) is 3. The van der Waals surface area contributed by atoms with Gasteiger partial charge in [0, 0.05) is 50.1 Å². The molecule has 6 nitrogen and oxygen atoms in total. The number of carbonyl (C=O) groups excluding carboxylic acids is 1. The van der Waals surface area contributed by atoms with E-state index in [0.717, 1.165) is 68.3 Å². The molecule has 0 bridgehead atoms. The van der Waals surface area contributed by atoms with E-state index in [2.05, 4.69) is 10.2 Å². The van der Waals surface area contributed by atoms with Crippen LogP contribution in [-0.4, -0.2) is 63.4 Å². The fourth-order valence-corrected chi connectivity index (χ4v) is 3.47. The summed E-state index contributed by atoms with van der Waals surface area (Å²) < 4.78 is 16.7. The summed E-state index contributed by atoms with van der Waals surface area (Å²) in [5.74, 6) is 1.57. The fraction of sp³-hybridized carbons (Fsp3) is 0.588. The van der Waals surface area contributed by atoms with Crippen LogP contribution in [0.3, 0.4) is 0 Å². The molecule has 0 saturated carbocycles. The lowest BCUT2D eigenvalue weighted by Crippen LogP contribution is -2.41. The largest absolute Gasteiger partial charge is 0.493 e. The van der Waals surface area contributed by atoms with Crippen LogP contribution in [0.15, 0.2) is 6.07 Å². The Morgan fingerprint density at radius 3 is 2.83 bits per heavy atom. The van der Waals surface area contributed by atoms with Gasteiger partial charge >= 0.3 is 0 Å². The van der Waals surface area contributed by atoms with Gasteiger partial charge in [0.05, 0.1) is 32.0 Å². The molecule has 3 aliphatic rings. The van der Waals surface area contributed by atoms with E-state index in [9.17, 15) is 4.79 Å². The highest BCUT2D eigenvalue weighted by atomic mass is 16.5. The second-order valence-corrected chi connectivity index (χ2v) is 6.12. The first-order valence-electron chi connectivity index (χ1n) is 8.35. The molecule has 0 aromatic heterocycles. The number of amides is 1. The third kappa shape index (κ3) is 2.88. The van der Waals surface area contributed by atoms with Crippen molar-refractivity contribution < 1.29 is 19.0 Å². The fourth-order valence-electron chi connectivity index (χ4n) is 3.47. The van der Waals surface area contributed by atoms with Crippen molar-refractivity contribution in [1.82, 2.24) is 10.2 Å². The van der Waals surface area contributed by atoms with Crippen LogP contribution in [0.25, 0.3) is 0 Å². The van der Waals surface area contributed by atoms with Crippen LogP contribution < -0.4 is 14.8 Å². The standard InChI is InChI=1S/C17H22N2O4/c20-17(18-3-4-19-5-9-21-10-6-19)15-13-2-8-22-14(13)11-12-1-7-23-16(12)15/h11H,1-10H2,(H,18,20). The lowest BCUT2D eigenvalue weighted by Gasteiger charge is -2.26. The number of hydrogen-bond acceptors (Lipinski definition) is 5. The van der Waals surface area contributed by atoms with Crippen molar-refractivity contribution in [2.24, 2.45) is 0 Å². The Bertz CT molecular complexity index is 579. The SMILES string of the molecule is O=C(NCCN1CCOCC1)c1c2c(cc3c1OCC3)OCC2. The van der Waals surface area contributed by atoms with Crippen molar-refractivity contribution in [3.8, 4) is 11.5 Å². The van der Waals surface area contributed by atoms with Gasteiger partial charge in [0.2, 0.25) is 0 Å². The maximum Gasteiger partial charge on any atom is 0.255 e. The Labute approximate surface area is 135 Å². The highest BCUT2D eigenvalue weighted by molar-refractivity contribution is 6.00. The van der Waals surface area contributed by atoms with Crippen LogP contribution in [0, 0.1) is 0 Å². The van der Waals surface area contributed by atoms with Gasteiger partial charge in [-0.2, -0.15) is 0 Å². The van der Waals surface area contributed by atoms with E-state index in [0.29, 0.717) is 25.3 Å². The minimum absolute atomic E-state index is 0.0428. The molecule has 1 aromatic carbocycles. The van der Waals surface area contributed by atoms with Crippen molar-refractivity contribution >= 4 is 5.91 Å². The van der Waals surface area contributed by atoms with Gasteiger partial charge in [0.15, 0.2) is 0 Å². The van der Waals surface area contributed by atoms with E-state index in [1.807, 2.05) is 6.07 Å². The molecular formula is C17H22N2O4. The van der Waals surface area contributed by atoms with E-state index < -0.39 is 0 Å². The summed E-state index contributed by atoms with van der Waals surface area (Å²) in [6.45, 7) is 6.20. The normalized spacial score (nSPS) is 19.7. The third-order valence-corrected chi connectivity index (χ3v) is 4.70. The molecule has 0 unspecified atom stereocenters. The maximum atomic E-state index is 12.7. The van der Waals surface area contributed by atoms with E-state index in [1.54, 1.807) is 0 Å². The molecule has 0 aliphatic carbocycles. The van der Waals surface area contributed by atoms with Crippen LogP contribution in [0.1, 0.15) is 21.5 Å². The third-order valence-electron chi connectivity index (χ3n) is 4.70. The summed E-state index contributed by atoms with van der Waals surface area (Å²) in [7, 11) is 0. The molecular weight excluding hydrogens is 296 g/mol. The van der Waals surface area contributed by atoms with E-state index in [1.165, 1.54) is 0 Å². The second-order valence-electron chi connectivity index (χ2n) is 6.12. The molecule has 3 heterocycles. The molecule has 1 aromatic rings. The molecule has 3 aliphatic heterocycles. The topological polar surface area (TPSA) is 60.0 Å². The van der Waals surface area contributed by atoms with Crippen molar-refractivity contribution in [3.05, 3.63) is 22.8 Å². The second kappa shape index (κ2) is 6.37. The van der Waals surface area contributed by atoms with Gasteiger partial charge in [0.1, 0.15) is 11.5 Å². The summed E-state index contributed by atoms with van der Waals surface area (Å²) in [4.78, 5) is 15.0. The average Bonchev–Trinajstić information content (AvgIpc) is 3.21. The van der Waals surface area contributed by atoms with Crippen LogP contribution in [0.5, 0.6) is 11.5 Å². The van der Waals surface area contributed by atoms with Crippen molar-refractivity contribution in [1.29, 1.82) is 0 Å². The summed E-state index contributed by atoms with van der Waals surface area (Å²) in [6, 6.07) is 2.04. The molecule has 0 spiro atoms. The Morgan fingerprint density at radius 1 is 1.13 bits per heavy atom. The van der Waals surface area contributed by atoms with Gasteiger partial charge < -0.3 is 19.5 Å². The van der Waals surface area contributed by atoms with Gasteiger partial charge in [-0.15, -0.1) is 0 Å². The predicted molar refractivity (Wildman–Crippen MR) is 84.4 cm³/mol. The first-order chi connectivity index (χ1) is 11.3. The molecule has 1 N–H and O–H groups in total. The van der Waals surface area contributed by atoms with Crippen LogP contribution in [-0.2, 0) is 17.6 Å². The lowest BCUT2D eigenvalue weighted by atomic mass is 9.99. The molecule has 1 fully saturated rings. The number of benzene rings is 1. The highest BCUT2D eigenvalue weighted by Gasteiger charge is 2.30. The maximum absolute atomic E-state index is 12.7. The van der Waals surface area contributed by atoms with Gasteiger partial charge in [-0.05, 0) is 6.07 Å². The van der Waals surface area contributed by atoms with E-state index >= 15 is 0 Å². The molecule has 0 radical (unpaired) electrons. The molecule has 1 saturated heterocycles. The van der Waals surface area contributed by atoms with Gasteiger partial charge in [-0.3, -0.25) is 9.69 Å². The van der Waals surface area contributed by atoms with Gasteiger partial charge in [-0.1, -0.05) is 0 Å². The zero-order chi connectivity index (χ0) is 15.6. The quantitative estimate of drug-likeness (QED) is 0.882.